The number of aromatic nitrogens is 3. The van der Waals surface area contributed by atoms with Crippen molar-refractivity contribution in [3.63, 3.8) is 0 Å². The SMILES string of the molecule is CCn1c(=O)n2n(c1=O)[C@H]1C[N+](Cc3ccc4c(c3)OCO4)=C(N)NC1=C(C)C2. The number of nitrogens with two attached hydrogens (primary N) is 1. The third-order valence-corrected chi connectivity index (χ3v) is 5.74. The molecule has 0 saturated carbocycles. The van der Waals surface area contributed by atoms with Crippen LogP contribution in [0.25, 0.3) is 0 Å². The number of hydrogen-bond donors (Lipinski definition) is 2. The van der Waals surface area contributed by atoms with Gasteiger partial charge in [0.15, 0.2) is 11.5 Å². The summed E-state index contributed by atoms with van der Waals surface area (Å²) in [4.78, 5) is 25.5. The van der Waals surface area contributed by atoms with Crippen LogP contribution < -0.4 is 31.9 Å². The van der Waals surface area contributed by atoms with Crippen LogP contribution in [0.1, 0.15) is 25.5 Å². The van der Waals surface area contributed by atoms with Gasteiger partial charge in [0.1, 0.15) is 11.7 Å². The Balaban J connectivity index is 1.53. The van der Waals surface area contributed by atoms with E-state index < -0.39 is 0 Å². The number of fused-ring (bicyclic) bond motifs is 4. The van der Waals surface area contributed by atoms with Crippen LogP contribution in [0.15, 0.2) is 39.1 Å². The third kappa shape index (κ3) is 2.59. The Hall–Kier alpha value is -3.43. The number of nitrogens with one attached hydrogen (secondary N) is 1. The minimum Gasteiger partial charge on any atom is -0.454 e. The second kappa shape index (κ2) is 6.29. The standard InChI is InChI=1S/C19H22N6O4/c1-3-23-18(26)24-7-11(2)16-13(25(24)19(23)27)9-22(17(20)21-16)8-12-4-5-14-15(6-12)29-10-28-14/h4-6,13H,3,7-10H2,1-2H3,(H2,20,21)/p+1/t13-/m0/s1. The molecular formula is C19H23N6O4+. The molecule has 0 saturated heterocycles. The highest BCUT2D eigenvalue weighted by atomic mass is 16.7. The number of ether oxygens (including phenoxy) is 2. The van der Waals surface area contributed by atoms with E-state index in [9.17, 15) is 9.59 Å². The number of nitrogens with zero attached hydrogens (tertiary/aromatic N) is 4. The predicted octanol–water partition coefficient (Wildman–Crippen LogP) is -0.481. The summed E-state index contributed by atoms with van der Waals surface area (Å²) in [6, 6.07) is 5.47. The van der Waals surface area contributed by atoms with E-state index in [1.54, 1.807) is 11.6 Å². The zero-order valence-corrected chi connectivity index (χ0v) is 16.3. The number of guanidine groups is 1. The molecule has 5 rings (SSSR count). The summed E-state index contributed by atoms with van der Waals surface area (Å²) in [6.07, 6.45) is 0. The zero-order valence-electron chi connectivity index (χ0n) is 16.3. The van der Waals surface area contributed by atoms with Gasteiger partial charge in [-0.25, -0.2) is 28.8 Å². The summed E-state index contributed by atoms with van der Waals surface area (Å²) in [6.45, 7) is 5.71. The van der Waals surface area contributed by atoms with E-state index >= 15 is 0 Å². The number of benzene rings is 1. The molecule has 1 aromatic heterocycles. The molecule has 1 aromatic carbocycles. The maximum atomic E-state index is 12.9. The normalized spacial score (nSPS) is 19.9. The fraction of sp³-hybridized carbons (Fsp3) is 0.421. The molecule has 3 aliphatic heterocycles. The Morgan fingerprint density at radius 1 is 1.24 bits per heavy atom. The van der Waals surface area contributed by atoms with Crippen molar-refractivity contribution < 1.29 is 14.0 Å². The van der Waals surface area contributed by atoms with Gasteiger partial charge in [-0.1, -0.05) is 6.07 Å². The lowest BCUT2D eigenvalue weighted by molar-refractivity contribution is -0.554. The summed E-state index contributed by atoms with van der Waals surface area (Å²) in [5.74, 6) is 1.96. The minimum absolute atomic E-state index is 0.225. The molecule has 2 aromatic rings. The van der Waals surface area contributed by atoms with Crippen LogP contribution in [0.4, 0.5) is 0 Å². The first kappa shape index (κ1) is 17.7. The molecule has 0 spiro atoms. The van der Waals surface area contributed by atoms with E-state index in [1.165, 1.54) is 9.25 Å². The van der Waals surface area contributed by atoms with E-state index in [2.05, 4.69) is 5.32 Å². The van der Waals surface area contributed by atoms with E-state index in [-0.39, 0.29) is 24.2 Å². The Morgan fingerprint density at radius 3 is 2.83 bits per heavy atom. The summed E-state index contributed by atoms with van der Waals surface area (Å²) < 4.78 is 17.1. The molecule has 10 heteroatoms. The third-order valence-electron chi connectivity index (χ3n) is 5.74. The Bertz CT molecular complexity index is 1200. The summed E-state index contributed by atoms with van der Waals surface area (Å²) >= 11 is 0. The molecule has 4 heterocycles. The van der Waals surface area contributed by atoms with Gasteiger partial charge in [-0.05, 0) is 37.1 Å². The molecular weight excluding hydrogens is 376 g/mol. The van der Waals surface area contributed by atoms with Gasteiger partial charge in [0.25, 0.3) is 0 Å². The van der Waals surface area contributed by atoms with Gasteiger partial charge in [-0.3, -0.25) is 10.3 Å². The highest BCUT2D eigenvalue weighted by Crippen LogP contribution is 2.33. The summed E-state index contributed by atoms with van der Waals surface area (Å²) in [5.41, 5.74) is 8.63. The Kier molecular flexibility index (Phi) is 3.83. The number of rotatable bonds is 3. The van der Waals surface area contributed by atoms with Crippen molar-refractivity contribution in [2.75, 3.05) is 13.3 Å². The molecule has 0 aliphatic carbocycles. The number of allylic oxidation sites excluding steroid dienone is 1. The van der Waals surface area contributed by atoms with Crippen molar-refractivity contribution in [1.29, 1.82) is 0 Å². The van der Waals surface area contributed by atoms with Gasteiger partial charge < -0.3 is 9.47 Å². The maximum absolute atomic E-state index is 12.9. The zero-order chi connectivity index (χ0) is 20.3. The minimum atomic E-state index is -0.307. The van der Waals surface area contributed by atoms with Crippen LogP contribution in [0.2, 0.25) is 0 Å². The molecule has 0 bridgehead atoms. The van der Waals surface area contributed by atoms with Gasteiger partial charge in [-0.15, -0.1) is 0 Å². The quantitative estimate of drug-likeness (QED) is 0.675. The average Bonchev–Trinajstić information content (AvgIpc) is 3.25. The van der Waals surface area contributed by atoms with Crippen LogP contribution in [-0.2, 0) is 19.6 Å². The first-order chi connectivity index (χ1) is 14.0. The number of hydrogen-bond acceptors (Lipinski definition) is 6. The van der Waals surface area contributed by atoms with Crippen molar-refractivity contribution in [1.82, 2.24) is 19.2 Å². The monoisotopic (exact) mass is 399 g/mol. The van der Waals surface area contributed by atoms with Gasteiger partial charge in [0.2, 0.25) is 6.79 Å². The molecule has 0 unspecified atom stereocenters. The molecule has 0 radical (unpaired) electrons. The molecule has 152 valence electrons. The second-order valence-corrected chi connectivity index (χ2v) is 7.50. The maximum Gasteiger partial charge on any atom is 0.348 e. The van der Waals surface area contributed by atoms with Crippen molar-refractivity contribution in [3.8, 4) is 11.5 Å². The summed E-state index contributed by atoms with van der Waals surface area (Å²) in [5, 5.41) is 3.27. The lowest BCUT2D eigenvalue weighted by atomic mass is 10.0. The smallest absolute Gasteiger partial charge is 0.348 e. The van der Waals surface area contributed by atoms with Gasteiger partial charge in [0, 0.05) is 6.54 Å². The molecule has 1 atom stereocenters. The molecule has 29 heavy (non-hydrogen) atoms. The average molecular weight is 399 g/mol. The molecule has 0 fully saturated rings. The van der Waals surface area contributed by atoms with E-state index in [0.29, 0.717) is 37.9 Å². The molecule has 3 aliphatic rings. The van der Waals surface area contributed by atoms with Gasteiger partial charge >= 0.3 is 17.3 Å². The Morgan fingerprint density at radius 2 is 2.03 bits per heavy atom. The van der Waals surface area contributed by atoms with Crippen LogP contribution in [-0.4, -0.2) is 37.8 Å². The van der Waals surface area contributed by atoms with E-state index in [0.717, 1.165) is 22.6 Å². The van der Waals surface area contributed by atoms with Crippen molar-refractivity contribution >= 4 is 5.96 Å². The van der Waals surface area contributed by atoms with E-state index in [4.69, 9.17) is 15.2 Å². The van der Waals surface area contributed by atoms with Crippen molar-refractivity contribution in [2.24, 2.45) is 5.73 Å². The summed E-state index contributed by atoms with van der Waals surface area (Å²) in [7, 11) is 0. The highest BCUT2D eigenvalue weighted by Gasteiger charge is 2.38. The topological polar surface area (TPSA) is 108 Å². The van der Waals surface area contributed by atoms with Crippen molar-refractivity contribution in [3.05, 3.63) is 56.0 Å². The first-order valence-corrected chi connectivity index (χ1v) is 9.62. The van der Waals surface area contributed by atoms with Gasteiger partial charge in [0.05, 0.1) is 19.6 Å². The molecule has 3 N–H and O–H groups in total. The predicted molar refractivity (Wildman–Crippen MR) is 104 cm³/mol. The van der Waals surface area contributed by atoms with Crippen molar-refractivity contribution in [2.45, 2.75) is 39.5 Å². The van der Waals surface area contributed by atoms with Crippen LogP contribution in [0.5, 0.6) is 11.5 Å². The van der Waals surface area contributed by atoms with Gasteiger partial charge in [-0.2, -0.15) is 0 Å². The fourth-order valence-corrected chi connectivity index (χ4v) is 4.26. The second-order valence-electron chi connectivity index (χ2n) is 7.50. The highest BCUT2D eigenvalue weighted by molar-refractivity contribution is 5.75. The van der Waals surface area contributed by atoms with Crippen LogP contribution >= 0.6 is 0 Å². The first-order valence-electron chi connectivity index (χ1n) is 9.62. The lowest BCUT2D eigenvalue weighted by Gasteiger charge is -2.32. The largest absolute Gasteiger partial charge is 0.454 e. The lowest BCUT2D eigenvalue weighted by Crippen LogP contribution is -2.53. The van der Waals surface area contributed by atoms with Crippen LogP contribution in [0.3, 0.4) is 0 Å². The fourth-order valence-electron chi connectivity index (χ4n) is 4.26. The molecule has 0 amide bonds. The Labute approximate surface area is 166 Å². The van der Waals surface area contributed by atoms with E-state index in [1.807, 2.05) is 29.7 Å². The molecule has 10 nitrogen and oxygen atoms in total. The van der Waals surface area contributed by atoms with Crippen LogP contribution in [0, 0.1) is 0 Å².